The molecule has 1 aliphatic heterocycles. The van der Waals surface area contributed by atoms with Gasteiger partial charge >= 0.3 is 0 Å². The van der Waals surface area contributed by atoms with Crippen LogP contribution in [0.2, 0.25) is 0 Å². The molecule has 3 aromatic rings. The molecular formula is C18H18N4O2. The van der Waals surface area contributed by atoms with Gasteiger partial charge in [-0.05, 0) is 30.2 Å². The first kappa shape index (κ1) is 14.7. The molecule has 3 heterocycles. The Balaban J connectivity index is 1.53. The summed E-state index contributed by atoms with van der Waals surface area (Å²) >= 11 is 0. The van der Waals surface area contributed by atoms with Crippen LogP contribution in [0.15, 0.2) is 59.7 Å². The minimum Gasteiger partial charge on any atom is -0.469 e. The molecule has 0 aliphatic carbocycles. The Hall–Kier alpha value is -2.89. The maximum atomic E-state index is 13.0. The van der Waals surface area contributed by atoms with E-state index >= 15 is 0 Å². The first-order chi connectivity index (χ1) is 11.8. The zero-order valence-corrected chi connectivity index (χ0v) is 13.2. The summed E-state index contributed by atoms with van der Waals surface area (Å²) in [6.45, 7) is 1.99. The molecule has 6 nitrogen and oxygen atoms in total. The minimum atomic E-state index is 0.0692. The first-order valence-electron chi connectivity index (χ1n) is 8.04. The van der Waals surface area contributed by atoms with E-state index in [2.05, 4.69) is 10.1 Å². The van der Waals surface area contributed by atoms with Gasteiger partial charge in [-0.3, -0.25) is 4.79 Å². The highest BCUT2D eigenvalue weighted by Gasteiger charge is 2.30. The van der Waals surface area contributed by atoms with E-state index in [0.29, 0.717) is 13.1 Å². The molecule has 0 saturated carbocycles. The molecule has 122 valence electrons. The number of hydrogen-bond acceptors (Lipinski definition) is 4. The molecule has 1 amide bonds. The van der Waals surface area contributed by atoms with Crippen molar-refractivity contribution in [3.05, 3.63) is 72.2 Å². The van der Waals surface area contributed by atoms with Crippen LogP contribution in [0.25, 0.3) is 0 Å². The maximum absolute atomic E-state index is 13.0. The molecule has 0 N–H and O–H groups in total. The summed E-state index contributed by atoms with van der Waals surface area (Å²) in [5.41, 5.74) is 1.68. The van der Waals surface area contributed by atoms with Gasteiger partial charge in [0, 0.05) is 24.6 Å². The predicted molar refractivity (Wildman–Crippen MR) is 87.5 cm³/mol. The Kier molecular flexibility index (Phi) is 3.86. The number of likely N-dealkylation sites (tertiary alicyclic amines) is 1. The van der Waals surface area contributed by atoms with Gasteiger partial charge in [-0.1, -0.05) is 18.2 Å². The third-order valence-corrected chi connectivity index (χ3v) is 4.47. The van der Waals surface area contributed by atoms with Crippen LogP contribution in [-0.2, 0) is 6.54 Å². The minimum absolute atomic E-state index is 0.0692. The number of benzene rings is 1. The smallest absolute Gasteiger partial charge is 0.254 e. The van der Waals surface area contributed by atoms with Crippen LogP contribution in [0.3, 0.4) is 0 Å². The number of nitrogens with zero attached hydrogens (tertiary/aromatic N) is 4. The lowest BCUT2D eigenvalue weighted by molar-refractivity contribution is 0.0789. The molecule has 24 heavy (non-hydrogen) atoms. The number of hydrogen-bond donors (Lipinski definition) is 0. The normalized spacial score (nSPS) is 17.3. The van der Waals surface area contributed by atoms with Gasteiger partial charge in [0.1, 0.15) is 18.4 Å². The maximum Gasteiger partial charge on any atom is 0.254 e. The molecule has 6 heteroatoms. The molecule has 1 fully saturated rings. The summed E-state index contributed by atoms with van der Waals surface area (Å²) in [6.07, 6.45) is 5.78. The van der Waals surface area contributed by atoms with Crippen molar-refractivity contribution in [2.45, 2.75) is 18.9 Å². The second kappa shape index (κ2) is 6.31. The predicted octanol–water partition coefficient (Wildman–Crippen LogP) is 2.55. The summed E-state index contributed by atoms with van der Waals surface area (Å²) in [6, 6.07) is 11.6. The quantitative estimate of drug-likeness (QED) is 0.740. The summed E-state index contributed by atoms with van der Waals surface area (Å²) < 4.78 is 7.21. The van der Waals surface area contributed by atoms with Crippen molar-refractivity contribution in [2.75, 3.05) is 13.1 Å². The molecule has 1 saturated heterocycles. The molecule has 0 radical (unpaired) electrons. The highest BCUT2D eigenvalue weighted by molar-refractivity contribution is 5.96. The monoisotopic (exact) mass is 322 g/mol. The van der Waals surface area contributed by atoms with Crippen molar-refractivity contribution < 1.29 is 9.21 Å². The highest BCUT2D eigenvalue weighted by atomic mass is 16.3. The number of amides is 1. The van der Waals surface area contributed by atoms with Gasteiger partial charge in [-0.2, -0.15) is 5.10 Å². The van der Waals surface area contributed by atoms with Gasteiger partial charge in [0.2, 0.25) is 0 Å². The van der Waals surface area contributed by atoms with E-state index in [9.17, 15) is 4.79 Å². The average molecular weight is 322 g/mol. The third kappa shape index (κ3) is 2.82. The number of furan rings is 1. The molecule has 1 aliphatic rings. The van der Waals surface area contributed by atoms with Crippen LogP contribution >= 0.6 is 0 Å². The van der Waals surface area contributed by atoms with Gasteiger partial charge < -0.3 is 9.32 Å². The van der Waals surface area contributed by atoms with Crippen molar-refractivity contribution in [2.24, 2.45) is 0 Å². The van der Waals surface area contributed by atoms with E-state index in [-0.39, 0.29) is 11.8 Å². The zero-order valence-electron chi connectivity index (χ0n) is 13.2. The third-order valence-electron chi connectivity index (χ3n) is 4.47. The van der Waals surface area contributed by atoms with Crippen LogP contribution in [0, 0.1) is 0 Å². The van der Waals surface area contributed by atoms with Crippen molar-refractivity contribution in [3.8, 4) is 0 Å². The highest BCUT2D eigenvalue weighted by Crippen LogP contribution is 2.28. The van der Waals surface area contributed by atoms with Crippen molar-refractivity contribution in [1.82, 2.24) is 19.7 Å². The zero-order chi connectivity index (χ0) is 16.4. The summed E-state index contributed by atoms with van der Waals surface area (Å²) in [4.78, 5) is 18.8. The summed E-state index contributed by atoms with van der Waals surface area (Å²) in [7, 11) is 0. The standard InChI is InChI=1S/C18H18N4O2/c23-18(21-8-7-15(10-21)17-6-3-9-24-17)16-5-2-1-4-14(16)11-22-13-19-12-20-22/h1-6,9,12-13,15H,7-8,10-11H2/t15-/m0/s1. The number of carbonyl (C=O) groups is 1. The SMILES string of the molecule is O=C(c1ccccc1Cn1cncn1)N1CC[C@H](c2ccco2)C1. The Labute approximate surface area is 139 Å². The largest absolute Gasteiger partial charge is 0.469 e. The van der Waals surface area contributed by atoms with E-state index in [1.165, 1.54) is 6.33 Å². The van der Waals surface area contributed by atoms with Gasteiger partial charge in [0.25, 0.3) is 5.91 Å². The number of rotatable bonds is 4. The van der Waals surface area contributed by atoms with E-state index in [1.54, 1.807) is 17.3 Å². The fourth-order valence-corrected chi connectivity index (χ4v) is 3.23. The molecular weight excluding hydrogens is 304 g/mol. The molecule has 0 bridgehead atoms. The van der Waals surface area contributed by atoms with Crippen LogP contribution in [0.1, 0.15) is 34.0 Å². The van der Waals surface area contributed by atoms with Crippen LogP contribution in [0.4, 0.5) is 0 Å². The number of carbonyl (C=O) groups excluding carboxylic acids is 1. The number of aromatic nitrogens is 3. The van der Waals surface area contributed by atoms with Gasteiger partial charge in [0.15, 0.2) is 0 Å². The fourth-order valence-electron chi connectivity index (χ4n) is 3.23. The molecule has 1 atom stereocenters. The fraction of sp³-hybridized carbons (Fsp3) is 0.278. The molecule has 0 spiro atoms. The van der Waals surface area contributed by atoms with E-state index in [0.717, 1.165) is 29.9 Å². The Morgan fingerprint density at radius 2 is 2.17 bits per heavy atom. The molecule has 0 unspecified atom stereocenters. The van der Waals surface area contributed by atoms with Crippen molar-refractivity contribution >= 4 is 5.91 Å². The van der Waals surface area contributed by atoms with Gasteiger partial charge in [-0.25, -0.2) is 9.67 Å². The second-order valence-corrected chi connectivity index (χ2v) is 6.00. The lowest BCUT2D eigenvalue weighted by atomic mass is 10.1. The van der Waals surface area contributed by atoms with Crippen LogP contribution in [-0.4, -0.2) is 38.7 Å². The Bertz CT molecular complexity index is 811. The molecule has 4 rings (SSSR count). The van der Waals surface area contributed by atoms with Gasteiger partial charge in [0.05, 0.1) is 12.8 Å². The lowest BCUT2D eigenvalue weighted by Gasteiger charge is -2.18. The van der Waals surface area contributed by atoms with Gasteiger partial charge in [-0.15, -0.1) is 0 Å². The Morgan fingerprint density at radius 1 is 1.25 bits per heavy atom. The van der Waals surface area contributed by atoms with E-state index in [1.807, 2.05) is 41.3 Å². The summed E-state index contributed by atoms with van der Waals surface area (Å²) in [5.74, 6) is 1.31. The first-order valence-corrected chi connectivity index (χ1v) is 8.04. The van der Waals surface area contributed by atoms with E-state index < -0.39 is 0 Å². The van der Waals surface area contributed by atoms with Crippen molar-refractivity contribution in [1.29, 1.82) is 0 Å². The molecule has 1 aromatic carbocycles. The van der Waals surface area contributed by atoms with Crippen LogP contribution in [0.5, 0.6) is 0 Å². The lowest BCUT2D eigenvalue weighted by Crippen LogP contribution is -2.29. The van der Waals surface area contributed by atoms with Crippen molar-refractivity contribution in [3.63, 3.8) is 0 Å². The average Bonchev–Trinajstić information content (AvgIpc) is 3.35. The van der Waals surface area contributed by atoms with Crippen LogP contribution < -0.4 is 0 Å². The second-order valence-electron chi connectivity index (χ2n) is 6.00. The van der Waals surface area contributed by atoms with E-state index in [4.69, 9.17) is 4.42 Å². The topological polar surface area (TPSA) is 64.2 Å². The molecule has 2 aromatic heterocycles. The Morgan fingerprint density at radius 3 is 2.96 bits per heavy atom. The summed E-state index contributed by atoms with van der Waals surface area (Å²) in [5, 5.41) is 4.12.